The van der Waals surface area contributed by atoms with Crippen LogP contribution in [0.15, 0.2) is 12.2 Å². The summed E-state index contributed by atoms with van der Waals surface area (Å²) in [6, 6.07) is 0. The maximum absolute atomic E-state index is 11.2. The smallest absolute Gasteiger partial charge is 0.155 e. The monoisotopic (exact) mass is 164 g/mol. The number of carbonyl (C=O) groups excluding carboxylic acids is 1. The van der Waals surface area contributed by atoms with Gasteiger partial charge in [0, 0.05) is 6.42 Å². The predicted molar refractivity (Wildman–Crippen MR) is 48.8 cm³/mol. The summed E-state index contributed by atoms with van der Waals surface area (Å²) in [5.74, 6) is 1.01. The second-order valence-electron chi connectivity index (χ2n) is 4.51. The number of allylic oxidation sites excluding steroid dienone is 2. The number of hydrogen-bond donors (Lipinski definition) is 0. The molecule has 12 heavy (non-hydrogen) atoms. The molecule has 0 aromatic rings. The van der Waals surface area contributed by atoms with Crippen molar-refractivity contribution in [2.24, 2.45) is 11.3 Å². The van der Waals surface area contributed by atoms with Crippen LogP contribution in [0, 0.1) is 11.3 Å². The summed E-state index contributed by atoms with van der Waals surface area (Å²) in [5, 5.41) is 0. The summed E-state index contributed by atoms with van der Waals surface area (Å²) in [4.78, 5) is 11.2. The van der Waals surface area contributed by atoms with Gasteiger partial charge in [-0.05, 0) is 30.3 Å². The van der Waals surface area contributed by atoms with Crippen molar-refractivity contribution in [3.8, 4) is 0 Å². The highest BCUT2D eigenvalue weighted by Gasteiger charge is 2.38. The number of hydrogen-bond acceptors (Lipinski definition) is 1. The zero-order chi connectivity index (χ0) is 8.60. The van der Waals surface area contributed by atoms with E-state index in [-0.39, 0.29) is 0 Å². The Morgan fingerprint density at radius 2 is 2.33 bits per heavy atom. The summed E-state index contributed by atoms with van der Waals surface area (Å²) >= 11 is 0. The predicted octanol–water partition coefficient (Wildman–Crippen LogP) is 2.71. The average molecular weight is 164 g/mol. The number of ketones is 1. The van der Waals surface area contributed by atoms with Crippen LogP contribution in [0.4, 0.5) is 0 Å². The van der Waals surface area contributed by atoms with E-state index in [1.165, 1.54) is 25.7 Å². The van der Waals surface area contributed by atoms with Crippen molar-refractivity contribution in [3.63, 3.8) is 0 Å². The van der Waals surface area contributed by atoms with Gasteiger partial charge >= 0.3 is 0 Å². The summed E-state index contributed by atoms with van der Waals surface area (Å²) in [7, 11) is 0. The van der Waals surface area contributed by atoms with E-state index in [0.29, 0.717) is 17.1 Å². The minimum absolute atomic E-state index is 0.310. The van der Waals surface area contributed by atoms with E-state index >= 15 is 0 Å². The van der Waals surface area contributed by atoms with Crippen LogP contribution in [0.3, 0.4) is 0 Å². The third kappa shape index (κ3) is 1.21. The molecule has 0 amide bonds. The Hall–Kier alpha value is -0.590. The van der Waals surface area contributed by atoms with Crippen LogP contribution in [0.2, 0.25) is 0 Å². The van der Waals surface area contributed by atoms with Crippen molar-refractivity contribution in [1.82, 2.24) is 0 Å². The van der Waals surface area contributed by atoms with Crippen molar-refractivity contribution in [2.75, 3.05) is 0 Å². The fraction of sp³-hybridized carbons (Fsp3) is 0.727. The molecule has 2 rings (SSSR count). The first-order valence-corrected chi connectivity index (χ1v) is 4.92. The van der Waals surface area contributed by atoms with E-state index in [1.807, 2.05) is 0 Å². The normalized spacial score (nSPS) is 41.1. The molecule has 2 aliphatic rings. The van der Waals surface area contributed by atoms with Crippen molar-refractivity contribution in [3.05, 3.63) is 12.2 Å². The molecule has 0 radical (unpaired) electrons. The Labute approximate surface area is 73.8 Å². The van der Waals surface area contributed by atoms with Crippen molar-refractivity contribution < 1.29 is 4.79 Å². The van der Waals surface area contributed by atoms with Gasteiger partial charge in [-0.3, -0.25) is 4.79 Å². The van der Waals surface area contributed by atoms with Crippen molar-refractivity contribution in [1.29, 1.82) is 0 Å². The number of fused-ring (bicyclic) bond motifs is 1. The van der Waals surface area contributed by atoms with E-state index in [0.717, 1.165) is 6.42 Å². The van der Waals surface area contributed by atoms with E-state index in [1.54, 1.807) is 6.08 Å². The summed E-state index contributed by atoms with van der Waals surface area (Å²) in [6.07, 6.45) is 9.91. The molecule has 2 aliphatic carbocycles. The van der Waals surface area contributed by atoms with E-state index < -0.39 is 0 Å². The van der Waals surface area contributed by atoms with Gasteiger partial charge in [0.2, 0.25) is 0 Å². The number of rotatable bonds is 0. The largest absolute Gasteiger partial charge is 0.295 e. The number of carbonyl (C=O) groups is 1. The minimum atomic E-state index is 0.310. The molecule has 0 heterocycles. The minimum Gasteiger partial charge on any atom is -0.295 e. The van der Waals surface area contributed by atoms with Crippen LogP contribution >= 0.6 is 0 Å². The van der Waals surface area contributed by atoms with Crippen molar-refractivity contribution >= 4 is 5.78 Å². The van der Waals surface area contributed by atoms with E-state index in [4.69, 9.17) is 0 Å². The molecule has 0 N–H and O–H groups in total. The molecule has 2 atom stereocenters. The maximum atomic E-state index is 11.2. The van der Waals surface area contributed by atoms with Crippen LogP contribution in [-0.4, -0.2) is 5.78 Å². The molecule has 0 aliphatic heterocycles. The molecule has 0 aromatic carbocycles. The maximum Gasteiger partial charge on any atom is 0.155 e. The van der Waals surface area contributed by atoms with Gasteiger partial charge in [0.1, 0.15) is 0 Å². The fourth-order valence-electron chi connectivity index (χ4n) is 2.66. The molecule has 0 bridgehead atoms. The second-order valence-corrected chi connectivity index (χ2v) is 4.51. The first-order valence-electron chi connectivity index (χ1n) is 4.92. The van der Waals surface area contributed by atoms with Crippen LogP contribution < -0.4 is 0 Å². The fourth-order valence-corrected chi connectivity index (χ4v) is 2.66. The molecular formula is C11H16O. The zero-order valence-corrected chi connectivity index (χ0v) is 7.68. The lowest BCUT2D eigenvalue weighted by Crippen LogP contribution is -2.34. The van der Waals surface area contributed by atoms with Gasteiger partial charge < -0.3 is 0 Å². The Bertz CT molecular complexity index is 229. The molecule has 1 nitrogen and oxygen atoms in total. The second kappa shape index (κ2) is 2.72. The molecule has 0 aromatic heterocycles. The Kier molecular flexibility index (Phi) is 1.82. The quantitative estimate of drug-likeness (QED) is 0.538. The van der Waals surface area contributed by atoms with Crippen LogP contribution in [-0.2, 0) is 4.79 Å². The standard InChI is InChI=1S/C11H16O/c1-11-7-3-2-4-9(11)5-6-10(12)8-11/h5-6,9H,2-4,7-8H2,1H3/t9-,11-/m1/s1. The lowest BCUT2D eigenvalue weighted by Gasteiger charge is -2.41. The SMILES string of the molecule is C[C@]12CCCC[C@@H]1C=CC(=O)C2. The molecule has 1 heteroatoms. The van der Waals surface area contributed by atoms with E-state index in [9.17, 15) is 4.79 Å². The average Bonchev–Trinajstić information content (AvgIpc) is 2.02. The highest BCUT2D eigenvalue weighted by atomic mass is 16.1. The Morgan fingerprint density at radius 3 is 3.17 bits per heavy atom. The zero-order valence-electron chi connectivity index (χ0n) is 7.68. The van der Waals surface area contributed by atoms with Crippen LogP contribution in [0.1, 0.15) is 39.0 Å². The molecule has 0 saturated heterocycles. The summed E-state index contributed by atoms with van der Waals surface area (Å²) in [5.41, 5.74) is 0.310. The summed E-state index contributed by atoms with van der Waals surface area (Å²) in [6.45, 7) is 2.28. The van der Waals surface area contributed by atoms with Gasteiger partial charge in [-0.15, -0.1) is 0 Å². The van der Waals surface area contributed by atoms with Gasteiger partial charge in [-0.25, -0.2) is 0 Å². The Morgan fingerprint density at radius 1 is 1.50 bits per heavy atom. The van der Waals surface area contributed by atoms with Crippen molar-refractivity contribution in [2.45, 2.75) is 39.0 Å². The molecule has 1 saturated carbocycles. The van der Waals surface area contributed by atoms with Gasteiger partial charge in [0.25, 0.3) is 0 Å². The highest BCUT2D eigenvalue weighted by molar-refractivity contribution is 5.91. The van der Waals surface area contributed by atoms with Gasteiger partial charge in [-0.1, -0.05) is 25.8 Å². The lowest BCUT2D eigenvalue weighted by molar-refractivity contribution is -0.118. The third-order valence-corrected chi connectivity index (χ3v) is 3.50. The van der Waals surface area contributed by atoms with Crippen LogP contribution in [0.25, 0.3) is 0 Å². The van der Waals surface area contributed by atoms with Gasteiger partial charge in [0.05, 0.1) is 0 Å². The third-order valence-electron chi connectivity index (χ3n) is 3.50. The molecule has 0 unspecified atom stereocenters. The summed E-state index contributed by atoms with van der Waals surface area (Å²) < 4.78 is 0. The first kappa shape index (κ1) is 8.03. The van der Waals surface area contributed by atoms with Crippen LogP contribution in [0.5, 0.6) is 0 Å². The molecule has 1 fully saturated rings. The lowest BCUT2D eigenvalue weighted by atomic mass is 9.63. The highest BCUT2D eigenvalue weighted by Crippen LogP contribution is 2.46. The van der Waals surface area contributed by atoms with E-state index in [2.05, 4.69) is 13.0 Å². The molecular weight excluding hydrogens is 148 g/mol. The van der Waals surface area contributed by atoms with Gasteiger partial charge in [-0.2, -0.15) is 0 Å². The first-order chi connectivity index (χ1) is 5.71. The topological polar surface area (TPSA) is 17.1 Å². The van der Waals surface area contributed by atoms with Gasteiger partial charge in [0.15, 0.2) is 5.78 Å². The molecule has 66 valence electrons. The Balaban J connectivity index is 2.23. The molecule has 0 spiro atoms.